The maximum Gasteiger partial charge on any atom is 0.150 e. The Morgan fingerprint density at radius 3 is 2.55 bits per heavy atom. The van der Waals surface area contributed by atoms with Crippen LogP contribution >= 0.6 is 11.6 Å². The first kappa shape index (κ1) is 10.7. The standard InChI is InChI=1S/C8H14ClNO/c1-3-8(11,6-10)5-4-7(2)9/h7,11H,3-5H2,1-2H3. The minimum atomic E-state index is -1.16. The largest absolute Gasteiger partial charge is 0.375 e. The molecular formula is C8H14ClNO. The van der Waals surface area contributed by atoms with Crippen LogP contribution in [-0.4, -0.2) is 16.1 Å². The predicted octanol–water partition coefficient (Wildman–Crippen LogP) is 2.06. The van der Waals surface area contributed by atoms with Crippen LogP contribution in [0.4, 0.5) is 0 Å². The van der Waals surface area contributed by atoms with E-state index in [0.29, 0.717) is 19.3 Å². The third-order valence-corrected chi connectivity index (χ3v) is 1.97. The van der Waals surface area contributed by atoms with Gasteiger partial charge in [-0.1, -0.05) is 6.92 Å². The molecule has 0 bridgehead atoms. The van der Waals surface area contributed by atoms with Crippen molar-refractivity contribution in [1.82, 2.24) is 0 Å². The number of rotatable bonds is 4. The molecule has 3 heteroatoms. The fourth-order valence-corrected chi connectivity index (χ4v) is 0.859. The second-order valence-electron chi connectivity index (χ2n) is 2.82. The summed E-state index contributed by atoms with van der Waals surface area (Å²) in [5.41, 5.74) is -1.16. The summed E-state index contributed by atoms with van der Waals surface area (Å²) in [6, 6.07) is 1.88. The Bertz CT molecular complexity index is 153. The van der Waals surface area contributed by atoms with Crippen LogP contribution < -0.4 is 0 Å². The van der Waals surface area contributed by atoms with E-state index >= 15 is 0 Å². The minimum Gasteiger partial charge on any atom is -0.375 e. The van der Waals surface area contributed by atoms with Gasteiger partial charge in [-0.25, -0.2) is 0 Å². The molecule has 0 saturated carbocycles. The van der Waals surface area contributed by atoms with Crippen molar-refractivity contribution < 1.29 is 5.11 Å². The molecule has 11 heavy (non-hydrogen) atoms. The van der Waals surface area contributed by atoms with Crippen LogP contribution in [0.3, 0.4) is 0 Å². The first-order chi connectivity index (χ1) is 5.04. The molecule has 2 atom stereocenters. The Morgan fingerprint density at radius 1 is 1.73 bits per heavy atom. The smallest absolute Gasteiger partial charge is 0.150 e. The van der Waals surface area contributed by atoms with Crippen molar-refractivity contribution in [2.45, 2.75) is 44.1 Å². The molecule has 0 aliphatic heterocycles. The summed E-state index contributed by atoms with van der Waals surface area (Å²) in [6.07, 6.45) is 1.61. The van der Waals surface area contributed by atoms with Crippen molar-refractivity contribution >= 4 is 11.6 Å². The van der Waals surface area contributed by atoms with Gasteiger partial charge >= 0.3 is 0 Å². The lowest BCUT2D eigenvalue weighted by atomic mass is 9.96. The molecule has 0 spiro atoms. The lowest BCUT2D eigenvalue weighted by molar-refractivity contribution is 0.0831. The van der Waals surface area contributed by atoms with Crippen molar-refractivity contribution in [3.8, 4) is 6.07 Å². The molecule has 0 fully saturated rings. The molecule has 64 valence electrons. The van der Waals surface area contributed by atoms with Crippen molar-refractivity contribution in [2.75, 3.05) is 0 Å². The molecule has 2 nitrogen and oxygen atoms in total. The number of nitriles is 1. The molecule has 0 aliphatic carbocycles. The summed E-state index contributed by atoms with van der Waals surface area (Å²) in [4.78, 5) is 0. The van der Waals surface area contributed by atoms with Crippen LogP contribution in [0, 0.1) is 11.3 Å². The Hall–Kier alpha value is -0.260. The fraction of sp³-hybridized carbons (Fsp3) is 0.875. The quantitative estimate of drug-likeness (QED) is 0.525. The van der Waals surface area contributed by atoms with Gasteiger partial charge in [-0.3, -0.25) is 0 Å². The normalized spacial score (nSPS) is 18.5. The van der Waals surface area contributed by atoms with Gasteiger partial charge in [-0.2, -0.15) is 5.26 Å². The number of alkyl halides is 1. The van der Waals surface area contributed by atoms with Gasteiger partial charge in [0.15, 0.2) is 5.60 Å². The van der Waals surface area contributed by atoms with E-state index in [9.17, 15) is 5.11 Å². The Kier molecular flexibility index (Phi) is 4.48. The number of halogens is 1. The van der Waals surface area contributed by atoms with Crippen LogP contribution in [-0.2, 0) is 0 Å². The molecule has 0 aliphatic rings. The van der Waals surface area contributed by atoms with Gasteiger partial charge < -0.3 is 5.11 Å². The molecule has 0 radical (unpaired) electrons. The zero-order valence-electron chi connectivity index (χ0n) is 6.97. The highest BCUT2D eigenvalue weighted by Crippen LogP contribution is 2.18. The van der Waals surface area contributed by atoms with Gasteiger partial charge in [0.2, 0.25) is 0 Å². The number of nitrogens with zero attached hydrogens (tertiary/aromatic N) is 1. The van der Waals surface area contributed by atoms with Crippen LogP contribution in [0.15, 0.2) is 0 Å². The van der Waals surface area contributed by atoms with E-state index in [2.05, 4.69) is 0 Å². The topological polar surface area (TPSA) is 44.0 Å². The van der Waals surface area contributed by atoms with Gasteiger partial charge in [0.1, 0.15) is 0 Å². The molecule has 0 saturated heterocycles. The average molecular weight is 176 g/mol. The van der Waals surface area contributed by atoms with E-state index in [4.69, 9.17) is 16.9 Å². The van der Waals surface area contributed by atoms with Crippen LogP contribution in [0.1, 0.15) is 33.1 Å². The van der Waals surface area contributed by atoms with Crippen LogP contribution in [0.25, 0.3) is 0 Å². The number of hydrogen-bond acceptors (Lipinski definition) is 2. The maximum atomic E-state index is 9.46. The Balaban J connectivity index is 3.81. The van der Waals surface area contributed by atoms with Gasteiger partial charge in [0.05, 0.1) is 6.07 Å². The monoisotopic (exact) mass is 175 g/mol. The molecule has 0 heterocycles. The highest BCUT2D eigenvalue weighted by molar-refractivity contribution is 6.20. The summed E-state index contributed by atoms with van der Waals surface area (Å²) < 4.78 is 0. The molecule has 0 amide bonds. The van der Waals surface area contributed by atoms with Gasteiger partial charge in [-0.05, 0) is 26.2 Å². The Labute approximate surface area is 72.8 Å². The summed E-state index contributed by atoms with van der Waals surface area (Å²) in [5, 5.41) is 18.0. The predicted molar refractivity (Wildman–Crippen MR) is 45.4 cm³/mol. The average Bonchev–Trinajstić information content (AvgIpc) is 2.00. The lowest BCUT2D eigenvalue weighted by Gasteiger charge is -2.17. The maximum absolute atomic E-state index is 9.46. The van der Waals surface area contributed by atoms with Crippen molar-refractivity contribution in [3.05, 3.63) is 0 Å². The molecule has 0 rings (SSSR count). The summed E-state index contributed by atoms with van der Waals surface area (Å²) in [7, 11) is 0. The molecule has 2 unspecified atom stereocenters. The molecule has 0 aromatic carbocycles. The van der Waals surface area contributed by atoms with Gasteiger partial charge in [-0.15, -0.1) is 11.6 Å². The van der Waals surface area contributed by atoms with E-state index in [1.807, 2.05) is 13.0 Å². The molecule has 0 aromatic heterocycles. The minimum absolute atomic E-state index is 0.0291. The fourth-order valence-electron chi connectivity index (χ4n) is 0.749. The number of hydrogen-bond donors (Lipinski definition) is 1. The highest BCUT2D eigenvalue weighted by Gasteiger charge is 2.23. The highest BCUT2D eigenvalue weighted by atomic mass is 35.5. The second kappa shape index (κ2) is 4.58. The van der Waals surface area contributed by atoms with Crippen LogP contribution in [0.5, 0.6) is 0 Å². The van der Waals surface area contributed by atoms with E-state index in [-0.39, 0.29) is 5.38 Å². The third kappa shape index (κ3) is 4.23. The van der Waals surface area contributed by atoms with E-state index in [1.54, 1.807) is 6.92 Å². The molecular weight excluding hydrogens is 162 g/mol. The summed E-state index contributed by atoms with van der Waals surface area (Å²) in [5.74, 6) is 0. The first-order valence-electron chi connectivity index (χ1n) is 3.82. The summed E-state index contributed by atoms with van der Waals surface area (Å²) in [6.45, 7) is 3.65. The zero-order chi connectivity index (χ0) is 8.91. The second-order valence-corrected chi connectivity index (χ2v) is 3.56. The van der Waals surface area contributed by atoms with Crippen molar-refractivity contribution in [1.29, 1.82) is 5.26 Å². The lowest BCUT2D eigenvalue weighted by Crippen LogP contribution is -2.25. The van der Waals surface area contributed by atoms with E-state index in [0.717, 1.165) is 0 Å². The van der Waals surface area contributed by atoms with Gasteiger partial charge in [0, 0.05) is 5.38 Å². The van der Waals surface area contributed by atoms with Crippen molar-refractivity contribution in [3.63, 3.8) is 0 Å². The number of aliphatic hydroxyl groups is 1. The zero-order valence-corrected chi connectivity index (χ0v) is 7.73. The van der Waals surface area contributed by atoms with E-state index < -0.39 is 5.60 Å². The SMILES string of the molecule is CCC(O)(C#N)CCC(C)Cl. The Morgan fingerprint density at radius 2 is 2.27 bits per heavy atom. The molecule has 1 N–H and O–H groups in total. The van der Waals surface area contributed by atoms with E-state index in [1.165, 1.54) is 0 Å². The van der Waals surface area contributed by atoms with Crippen LogP contribution in [0.2, 0.25) is 0 Å². The van der Waals surface area contributed by atoms with Crippen molar-refractivity contribution in [2.24, 2.45) is 0 Å². The van der Waals surface area contributed by atoms with Gasteiger partial charge in [0.25, 0.3) is 0 Å². The molecule has 0 aromatic rings. The summed E-state index contributed by atoms with van der Waals surface area (Å²) >= 11 is 5.68. The third-order valence-electron chi connectivity index (χ3n) is 1.75. The first-order valence-corrected chi connectivity index (χ1v) is 4.25.